The molecule has 2 amide bonds. The molecule has 6 nitrogen and oxygen atoms in total. The van der Waals surface area contributed by atoms with Crippen molar-refractivity contribution in [2.75, 3.05) is 33.3 Å². The summed E-state index contributed by atoms with van der Waals surface area (Å²) in [5.74, 6) is 0.873. The van der Waals surface area contributed by atoms with Crippen molar-refractivity contribution in [2.45, 2.75) is 12.8 Å². The van der Waals surface area contributed by atoms with Crippen LogP contribution in [0.15, 0.2) is 54.7 Å². The molecule has 2 aromatic carbocycles. The minimum atomic E-state index is -0.00135. The molecule has 1 aliphatic heterocycles. The minimum Gasteiger partial charge on any atom is -0.497 e. The number of nitrogens with one attached hydrogen (secondary N) is 1. The number of para-hydroxylation sites is 1. The van der Waals surface area contributed by atoms with Crippen LogP contribution in [-0.2, 0) is 11.2 Å². The third-order valence-electron chi connectivity index (χ3n) is 5.54. The van der Waals surface area contributed by atoms with Gasteiger partial charge in [0.2, 0.25) is 5.91 Å². The lowest BCUT2D eigenvalue weighted by molar-refractivity contribution is -0.132. The molecule has 1 aromatic heterocycles. The van der Waals surface area contributed by atoms with Gasteiger partial charge in [-0.15, -0.1) is 0 Å². The van der Waals surface area contributed by atoms with Gasteiger partial charge in [-0.05, 0) is 42.3 Å². The van der Waals surface area contributed by atoms with Gasteiger partial charge in [-0.3, -0.25) is 9.59 Å². The van der Waals surface area contributed by atoms with Crippen LogP contribution in [0, 0.1) is 0 Å². The smallest absolute Gasteiger partial charge is 0.253 e. The lowest BCUT2D eigenvalue weighted by Gasteiger charge is -2.35. The number of methoxy groups -OCH3 is 1. The molecule has 0 radical (unpaired) electrons. The fraction of sp³-hybridized carbons (Fsp3) is 0.304. The van der Waals surface area contributed by atoms with Gasteiger partial charge < -0.3 is 19.5 Å². The van der Waals surface area contributed by atoms with Crippen molar-refractivity contribution in [3.63, 3.8) is 0 Å². The summed E-state index contributed by atoms with van der Waals surface area (Å²) < 4.78 is 5.14. The maximum absolute atomic E-state index is 12.7. The van der Waals surface area contributed by atoms with Gasteiger partial charge in [0.1, 0.15) is 5.75 Å². The molecule has 6 heteroatoms. The van der Waals surface area contributed by atoms with Crippen LogP contribution in [0.1, 0.15) is 22.3 Å². The maximum atomic E-state index is 12.7. The van der Waals surface area contributed by atoms with Crippen molar-refractivity contribution in [1.82, 2.24) is 14.8 Å². The number of aromatic nitrogens is 1. The van der Waals surface area contributed by atoms with E-state index >= 15 is 0 Å². The highest BCUT2D eigenvalue weighted by Crippen LogP contribution is 2.20. The van der Waals surface area contributed by atoms with E-state index in [0.29, 0.717) is 44.6 Å². The number of fused-ring (bicyclic) bond motifs is 1. The highest BCUT2D eigenvalue weighted by Gasteiger charge is 2.24. The molecule has 0 atom stereocenters. The molecular weight excluding hydrogens is 366 g/mol. The molecule has 3 aromatic rings. The fourth-order valence-electron chi connectivity index (χ4n) is 3.81. The van der Waals surface area contributed by atoms with Gasteiger partial charge in [-0.1, -0.05) is 18.2 Å². The van der Waals surface area contributed by atoms with Gasteiger partial charge in [0, 0.05) is 55.3 Å². The van der Waals surface area contributed by atoms with E-state index < -0.39 is 0 Å². The van der Waals surface area contributed by atoms with Gasteiger partial charge in [0.25, 0.3) is 5.91 Å². The lowest BCUT2D eigenvalue weighted by Crippen LogP contribution is -2.50. The average Bonchev–Trinajstić information content (AvgIpc) is 3.20. The Bertz CT molecular complexity index is 1000. The van der Waals surface area contributed by atoms with Gasteiger partial charge >= 0.3 is 0 Å². The first kappa shape index (κ1) is 19.1. The van der Waals surface area contributed by atoms with Gasteiger partial charge in [-0.25, -0.2) is 0 Å². The van der Waals surface area contributed by atoms with E-state index in [1.54, 1.807) is 31.4 Å². The van der Waals surface area contributed by atoms with E-state index in [-0.39, 0.29) is 11.8 Å². The number of carbonyl (C=O) groups is 2. The quantitative estimate of drug-likeness (QED) is 0.727. The Kier molecular flexibility index (Phi) is 5.51. The first-order valence-electron chi connectivity index (χ1n) is 9.92. The number of carbonyl (C=O) groups excluding carboxylic acids is 2. The van der Waals surface area contributed by atoms with Crippen molar-refractivity contribution < 1.29 is 14.3 Å². The molecular formula is C23H25N3O3. The topological polar surface area (TPSA) is 65.6 Å². The molecule has 0 saturated carbocycles. The Morgan fingerprint density at radius 3 is 2.38 bits per heavy atom. The van der Waals surface area contributed by atoms with E-state index in [1.807, 2.05) is 34.2 Å². The third kappa shape index (κ3) is 4.11. The Hall–Kier alpha value is -3.28. The summed E-state index contributed by atoms with van der Waals surface area (Å²) in [7, 11) is 1.60. The maximum Gasteiger partial charge on any atom is 0.253 e. The van der Waals surface area contributed by atoms with Gasteiger partial charge in [0.05, 0.1) is 7.11 Å². The number of aryl methyl sites for hydroxylation is 1. The summed E-state index contributed by atoms with van der Waals surface area (Å²) in [6.07, 6.45) is 3.19. The first-order valence-corrected chi connectivity index (χ1v) is 9.92. The average molecular weight is 391 g/mol. The summed E-state index contributed by atoms with van der Waals surface area (Å²) in [5.41, 5.74) is 2.91. The fourth-order valence-corrected chi connectivity index (χ4v) is 3.81. The highest BCUT2D eigenvalue weighted by molar-refractivity contribution is 5.94. The number of hydrogen-bond donors (Lipinski definition) is 1. The van der Waals surface area contributed by atoms with Crippen LogP contribution < -0.4 is 4.74 Å². The molecule has 2 heterocycles. The van der Waals surface area contributed by atoms with Gasteiger partial charge in [0.15, 0.2) is 0 Å². The number of ether oxygens (including phenoxy) is 1. The highest BCUT2D eigenvalue weighted by atomic mass is 16.5. The number of hydrogen-bond acceptors (Lipinski definition) is 3. The van der Waals surface area contributed by atoms with Crippen LogP contribution in [0.5, 0.6) is 5.75 Å². The monoisotopic (exact) mass is 391 g/mol. The van der Waals surface area contributed by atoms with Crippen LogP contribution in [0.25, 0.3) is 10.9 Å². The normalized spacial score (nSPS) is 14.2. The Morgan fingerprint density at radius 2 is 1.66 bits per heavy atom. The summed E-state index contributed by atoms with van der Waals surface area (Å²) in [6, 6.07) is 15.3. The largest absolute Gasteiger partial charge is 0.497 e. The lowest BCUT2D eigenvalue weighted by atomic mass is 10.1. The number of benzene rings is 2. The standard InChI is InChI=1S/C23H25N3O3/c1-29-19-9-6-17(7-10-19)23(28)26-14-12-25(13-15-26)22(27)11-8-18-16-24-21-5-3-2-4-20(18)21/h2-7,9-10,16,24H,8,11-15H2,1H3. The molecule has 0 bridgehead atoms. The van der Waals surface area contributed by atoms with Crippen LogP contribution in [-0.4, -0.2) is 59.9 Å². The molecule has 150 valence electrons. The van der Waals surface area contributed by atoms with Crippen LogP contribution in [0.2, 0.25) is 0 Å². The van der Waals surface area contributed by atoms with E-state index in [1.165, 1.54) is 10.9 Å². The van der Waals surface area contributed by atoms with Crippen LogP contribution in [0.4, 0.5) is 0 Å². The summed E-state index contributed by atoms with van der Waals surface area (Å²) in [4.78, 5) is 32.2. The van der Waals surface area contributed by atoms with Crippen molar-refractivity contribution in [1.29, 1.82) is 0 Å². The SMILES string of the molecule is COc1ccc(C(=O)N2CCN(C(=O)CCc3c[nH]c4ccccc34)CC2)cc1. The summed E-state index contributed by atoms with van der Waals surface area (Å²) in [6.45, 7) is 2.27. The number of rotatable bonds is 5. The van der Waals surface area contributed by atoms with Crippen LogP contribution in [0.3, 0.4) is 0 Å². The molecule has 0 spiro atoms. The third-order valence-corrected chi connectivity index (χ3v) is 5.54. The zero-order valence-corrected chi connectivity index (χ0v) is 16.6. The molecule has 1 N–H and O–H groups in total. The summed E-state index contributed by atoms with van der Waals surface area (Å²) >= 11 is 0. The van der Waals surface area contributed by atoms with E-state index in [4.69, 9.17) is 4.74 Å². The number of nitrogens with zero attached hydrogens (tertiary/aromatic N) is 2. The van der Waals surface area contributed by atoms with E-state index in [2.05, 4.69) is 11.1 Å². The predicted octanol–water partition coefficient (Wildman–Crippen LogP) is 3.09. The second-order valence-corrected chi connectivity index (χ2v) is 7.26. The van der Waals surface area contributed by atoms with Crippen molar-refractivity contribution in [3.05, 3.63) is 65.9 Å². The second kappa shape index (κ2) is 8.39. The zero-order valence-electron chi connectivity index (χ0n) is 16.6. The number of amides is 2. The van der Waals surface area contributed by atoms with E-state index in [9.17, 15) is 9.59 Å². The number of piperazine rings is 1. The van der Waals surface area contributed by atoms with Gasteiger partial charge in [-0.2, -0.15) is 0 Å². The van der Waals surface area contributed by atoms with Crippen molar-refractivity contribution >= 4 is 22.7 Å². The molecule has 0 aliphatic carbocycles. The molecule has 1 fully saturated rings. The molecule has 4 rings (SSSR count). The van der Waals surface area contributed by atoms with Crippen molar-refractivity contribution in [3.8, 4) is 5.75 Å². The minimum absolute atomic E-state index is 0.00135. The predicted molar refractivity (Wildman–Crippen MR) is 112 cm³/mol. The Labute approximate surface area is 170 Å². The van der Waals surface area contributed by atoms with E-state index in [0.717, 1.165) is 11.3 Å². The Morgan fingerprint density at radius 1 is 0.966 bits per heavy atom. The molecule has 29 heavy (non-hydrogen) atoms. The number of H-pyrrole nitrogens is 1. The summed E-state index contributed by atoms with van der Waals surface area (Å²) in [5, 5.41) is 1.18. The molecule has 0 unspecified atom stereocenters. The second-order valence-electron chi connectivity index (χ2n) is 7.26. The molecule has 1 saturated heterocycles. The first-order chi connectivity index (χ1) is 14.2. The Balaban J connectivity index is 1.29. The van der Waals surface area contributed by atoms with Crippen LogP contribution >= 0.6 is 0 Å². The zero-order chi connectivity index (χ0) is 20.2. The van der Waals surface area contributed by atoms with Crippen molar-refractivity contribution in [2.24, 2.45) is 0 Å². The number of aromatic amines is 1. The molecule has 1 aliphatic rings.